The van der Waals surface area contributed by atoms with Gasteiger partial charge in [0.15, 0.2) is 0 Å². The average molecular weight is 303 g/mol. The molecule has 0 heterocycles. The third kappa shape index (κ3) is 3.44. The lowest BCUT2D eigenvalue weighted by Gasteiger charge is -2.13. The van der Waals surface area contributed by atoms with Crippen LogP contribution < -0.4 is 0 Å². The molecule has 2 aromatic carbocycles. The number of rotatable bonds is 3. The van der Waals surface area contributed by atoms with Crippen molar-refractivity contribution in [1.82, 2.24) is 0 Å². The van der Waals surface area contributed by atoms with Crippen molar-refractivity contribution in [3.05, 3.63) is 69.2 Å². The van der Waals surface area contributed by atoms with Crippen molar-refractivity contribution >= 4 is 23.2 Å². The molecule has 0 saturated heterocycles. The minimum Gasteiger partial charge on any atom is -0.388 e. The highest BCUT2D eigenvalue weighted by atomic mass is 35.5. The lowest BCUT2D eigenvalue weighted by Crippen LogP contribution is -2.05. The van der Waals surface area contributed by atoms with Crippen molar-refractivity contribution in [3.8, 4) is 0 Å². The molecule has 0 fully saturated rings. The lowest BCUT2D eigenvalue weighted by atomic mass is 10.0. The Hall–Kier alpha value is -1.16. The number of aliphatic hydroxyl groups excluding tert-OH is 1. The minimum atomic E-state index is -1.07. The second-order valence-corrected chi connectivity index (χ2v) is 4.97. The average Bonchev–Trinajstić information content (AvgIpc) is 2.32. The van der Waals surface area contributed by atoms with E-state index in [0.717, 1.165) is 12.1 Å². The van der Waals surface area contributed by atoms with E-state index in [4.69, 9.17) is 23.2 Å². The van der Waals surface area contributed by atoms with Gasteiger partial charge in [0.2, 0.25) is 0 Å². The topological polar surface area (TPSA) is 20.2 Å². The van der Waals surface area contributed by atoms with Gasteiger partial charge in [-0.2, -0.15) is 0 Å². The lowest BCUT2D eigenvalue weighted by molar-refractivity contribution is 0.173. The van der Waals surface area contributed by atoms with Gasteiger partial charge in [-0.3, -0.25) is 0 Å². The highest BCUT2D eigenvalue weighted by molar-refractivity contribution is 6.31. The molecule has 0 radical (unpaired) electrons. The van der Waals surface area contributed by atoms with Crippen LogP contribution in [0.25, 0.3) is 0 Å². The molecule has 0 bridgehead atoms. The first kappa shape index (κ1) is 14.3. The molecule has 0 amide bonds. The third-order valence-corrected chi connectivity index (χ3v) is 3.34. The Kier molecular flexibility index (Phi) is 4.40. The molecular formula is C14H10Cl2F2O. The number of hydrogen-bond donors (Lipinski definition) is 1. The Morgan fingerprint density at radius 3 is 2.42 bits per heavy atom. The van der Waals surface area contributed by atoms with Crippen LogP contribution in [0, 0.1) is 11.6 Å². The fraction of sp³-hybridized carbons (Fsp3) is 0.143. The molecule has 100 valence electrons. The summed E-state index contributed by atoms with van der Waals surface area (Å²) in [5, 5.41) is 10.5. The smallest absolute Gasteiger partial charge is 0.130 e. The molecule has 0 aliphatic heterocycles. The first-order valence-electron chi connectivity index (χ1n) is 5.54. The maximum absolute atomic E-state index is 13.6. The summed E-state index contributed by atoms with van der Waals surface area (Å²) in [7, 11) is 0. The van der Waals surface area contributed by atoms with Gasteiger partial charge in [0.25, 0.3) is 0 Å². The fourth-order valence-electron chi connectivity index (χ4n) is 1.78. The molecule has 2 rings (SSSR count). The second-order valence-electron chi connectivity index (χ2n) is 4.12. The second kappa shape index (κ2) is 5.87. The van der Waals surface area contributed by atoms with E-state index in [1.54, 1.807) is 0 Å². The van der Waals surface area contributed by atoms with E-state index < -0.39 is 17.7 Å². The van der Waals surface area contributed by atoms with Gasteiger partial charge in [-0.05, 0) is 29.8 Å². The van der Waals surface area contributed by atoms with Gasteiger partial charge in [0.05, 0.1) is 6.10 Å². The quantitative estimate of drug-likeness (QED) is 0.882. The van der Waals surface area contributed by atoms with Crippen molar-refractivity contribution in [2.24, 2.45) is 0 Å². The van der Waals surface area contributed by atoms with E-state index in [2.05, 4.69) is 0 Å². The SMILES string of the molecule is OC(Cc1ccc(F)cc1Cl)c1ccc(Cl)cc1F. The highest BCUT2D eigenvalue weighted by Gasteiger charge is 2.15. The Balaban J connectivity index is 2.23. The summed E-state index contributed by atoms with van der Waals surface area (Å²) in [6, 6.07) is 7.91. The first-order chi connectivity index (χ1) is 8.97. The van der Waals surface area contributed by atoms with E-state index >= 15 is 0 Å². The number of aliphatic hydroxyl groups is 1. The van der Waals surface area contributed by atoms with Crippen LogP contribution in [0.1, 0.15) is 17.2 Å². The Morgan fingerprint density at radius 2 is 1.79 bits per heavy atom. The fourth-order valence-corrected chi connectivity index (χ4v) is 2.18. The van der Waals surface area contributed by atoms with Crippen molar-refractivity contribution in [2.75, 3.05) is 0 Å². The number of benzene rings is 2. The molecule has 1 unspecified atom stereocenters. The van der Waals surface area contributed by atoms with Gasteiger partial charge in [0, 0.05) is 22.0 Å². The first-order valence-corrected chi connectivity index (χ1v) is 6.30. The molecule has 0 aromatic heterocycles. The van der Waals surface area contributed by atoms with Crippen molar-refractivity contribution in [3.63, 3.8) is 0 Å². The van der Waals surface area contributed by atoms with Gasteiger partial charge in [-0.15, -0.1) is 0 Å². The van der Waals surface area contributed by atoms with Crippen LogP contribution in [0.4, 0.5) is 8.78 Å². The predicted molar refractivity (Wildman–Crippen MR) is 71.5 cm³/mol. The zero-order valence-corrected chi connectivity index (χ0v) is 11.2. The van der Waals surface area contributed by atoms with Crippen molar-refractivity contribution in [2.45, 2.75) is 12.5 Å². The van der Waals surface area contributed by atoms with Gasteiger partial charge in [0.1, 0.15) is 11.6 Å². The largest absolute Gasteiger partial charge is 0.388 e. The molecule has 5 heteroatoms. The van der Waals surface area contributed by atoms with Crippen LogP contribution in [0.3, 0.4) is 0 Å². The van der Waals surface area contributed by atoms with E-state index in [-0.39, 0.29) is 22.0 Å². The van der Waals surface area contributed by atoms with Crippen LogP contribution in [0.2, 0.25) is 10.0 Å². The van der Waals surface area contributed by atoms with Gasteiger partial charge < -0.3 is 5.11 Å². The van der Waals surface area contributed by atoms with E-state index in [9.17, 15) is 13.9 Å². The standard InChI is InChI=1S/C14H10Cl2F2O/c15-9-2-4-11(13(18)6-9)14(19)5-8-1-3-10(17)7-12(8)16/h1-4,6-7,14,19H,5H2. The minimum absolute atomic E-state index is 0.0949. The molecule has 0 aliphatic rings. The zero-order chi connectivity index (χ0) is 14.0. The van der Waals surface area contributed by atoms with Crippen LogP contribution in [0.5, 0.6) is 0 Å². The molecular weight excluding hydrogens is 293 g/mol. The molecule has 0 aliphatic carbocycles. The summed E-state index contributed by atoms with van der Waals surface area (Å²) in [5.74, 6) is -1.04. The Labute approximate surface area is 119 Å². The summed E-state index contributed by atoms with van der Waals surface area (Å²) in [4.78, 5) is 0. The summed E-state index contributed by atoms with van der Waals surface area (Å²) in [6.07, 6.45) is -0.974. The van der Waals surface area contributed by atoms with Crippen LogP contribution in [0.15, 0.2) is 36.4 Å². The summed E-state index contributed by atoms with van der Waals surface area (Å²) in [6.45, 7) is 0. The summed E-state index contributed by atoms with van der Waals surface area (Å²) in [5.41, 5.74) is 0.676. The van der Waals surface area contributed by atoms with Crippen LogP contribution >= 0.6 is 23.2 Å². The molecule has 19 heavy (non-hydrogen) atoms. The Morgan fingerprint density at radius 1 is 1.05 bits per heavy atom. The zero-order valence-electron chi connectivity index (χ0n) is 9.71. The van der Waals surface area contributed by atoms with Crippen molar-refractivity contribution in [1.29, 1.82) is 0 Å². The molecule has 2 aromatic rings. The van der Waals surface area contributed by atoms with Crippen LogP contribution in [-0.4, -0.2) is 5.11 Å². The van der Waals surface area contributed by atoms with Gasteiger partial charge in [-0.1, -0.05) is 35.3 Å². The molecule has 1 atom stereocenters. The van der Waals surface area contributed by atoms with Crippen LogP contribution in [-0.2, 0) is 6.42 Å². The third-order valence-electron chi connectivity index (χ3n) is 2.75. The van der Waals surface area contributed by atoms with Gasteiger partial charge >= 0.3 is 0 Å². The number of halogens is 4. The van der Waals surface area contributed by atoms with E-state index in [1.807, 2.05) is 0 Å². The van der Waals surface area contributed by atoms with E-state index in [0.29, 0.717) is 5.56 Å². The molecule has 0 spiro atoms. The predicted octanol–water partition coefficient (Wildman–Crippen LogP) is 4.55. The summed E-state index contributed by atoms with van der Waals surface area (Å²) >= 11 is 11.5. The van der Waals surface area contributed by atoms with E-state index in [1.165, 1.54) is 24.3 Å². The molecule has 0 saturated carbocycles. The monoisotopic (exact) mass is 302 g/mol. The van der Waals surface area contributed by atoms with Crippen molar-refractivity contribution < 1.29 is 13.9 Å². The highest BCUT2D eigenvalue weighted by Crippen LogP contribution is 2.27. The maximum atomic E-state index is 13.6. The maximum Gasteiger partial charge on any atom is 0.130 e. The summed E-state index contributed by atoms with van der Waals surface area (Å²) < 4.78 is 26.5. The number of hydrogen-bond acceptors (Lipinski definition) is 1. The normalized spacial score (nSPS) is 12.5. The molecule has 1 nitrogen and oxygen atoms in total. The molecule has 1 N–H and O–H groups in total. The van der Waals surface area contributed by atoms with Gasteiger partial charge in [-0.25, -0.2) is 8.78 Å². The Bertz CT molecular complexity index is 602.